The number of alkyl halides is 3. The molecule has 0 unspecified atom stereocenters. The van der Waals surface area contributed by atoms with E-state index in [-0.39, 0.29) is 17.3 Å². The zero-order valence-corrected chi connectivity index (χ0v) is 16.2. The molecule has 10 heteroatoms. The molecule has 0 radical (unpaired) electrons. The average molecular weight is 441 g/mol. The van der Waals surface area contributed by atoms with Crippen LogP contribution in [0.3, 0.4) is 0 Å². The third-order valence-corrected chi connectivity index (χ3v) is 4.20. The van der Waals surface area contributed by atoms with Crippen LogP contribution in [0.5, 0.6) is 11.6 Å². The SMILES string of the molecule is O=C(Oc1ncccc1-c1nnc(-c2ccc(OCc3ccccc3)cc2)o1)C(F)(F)F. The number of aromatic nitrogens is 3. The second-order valence-electron chi connectivity index (χ2n) is 6.45. The minimum Gasteiger partial charge on any atom is -0.489 e. The van der Waals surface area contributed by atoms with E-state index in [9.17, 15) is 18.0 Å². The maximum absolute atomic E-state index is 12.5. The Morgan fingerprint density at radius 3 is 2.34 bits per heavy atom. The van der Waals surface area contributed by atoms with Gasteiger partial charge in [-0.2, -0.15) is 13.2 Å². The minimum absolute atomic E-state index is 0.0494. The first-order chi connectivity index (χ1) is 15.4. The van der Waals surface area contributed by atoms with Gasteiger partial charge in [0, 0.05) is 11.8 Å². The Balaban J connectivity index is 1.49. The van der Waals surface area contributed by atoms with E-state index in [1.54, 1.807) is 24.3 Å². The molecule has 0 bridgehead atoms. The fourth-order valence-corrected chi connectivity index (χ4v) is 2.66. The molecule has 0 N–H and O–H groups in total. The molecule has 0 fully saturated rings. The van der Waals surface area contributed by atoms with Gasteiger partial charge in [0.2, 0.25) is 11.8 Å². The quantitative estimate of drug-likeness (QED) is 0.396. The second kappa shape index (κ2) is 8.88. The van der Waals surface area contributed by atoms with Gasteiger partial charge >= 0.3 is 12.1 Å². The summed E-state index contributed by atoms with van der Waals surface area (Å²) in [5, 5.41) is 7.74. The van der Waals surface area contributed by atoms with E-state index in [1.165, 1.54) is 18.3 Å². The van der Waals surface area contributed by atoms with Gasteiger partial charge in [-0.15, -0.1) is 10.2 Å². The fraction of sp³-hybridized carbons (Fsp3) is 0.0909. The van der Waals surface area contributed by atoms with E-state index >= 15 is 0 Å². The third kappa shape index (κ3) is 4.91. The van der Waals surface area contributed by atoms with Crippen LogP contribution in [0.15, 0.2) is 77.3 Å². The molecule has 0 spiro atoms. The summed E-state index contributed by atoms with van der Waals surface area (Å²) < 4.78 is 53.2. The smallest absolute Gasteiger partial charge is 0.489 e. The lowest BCUT2D eigenvalue weighted by Crippen LogP contribution is -2.28. The normalized spacial score (nSPS) is 11.2. The number of halogens is 3. The monoisotopic (exact) mass is 441 g/mol. The number of ether oxygens (including phenoxy) is 2. The molecule has 0 saturated heterocycles. The van der Waals surface area contributed by atoms with Crippen LogP contribution in [0.1, 0.15) is 5.56 Å². The van der Waals surface area contributed by atoms with Crippen molar-refractivity contribution in [3.05, 3.63) is 78.5 Å². The summed E-state index contributed by atoms with van der Waals surface area (Å²) >= 11 is 0. The molecular weight excluding hydrogens is 427 g/mol. The lowest BCUT2D eigenvalue weighted by molar-refractivity contribution is -0.189. The van der Waals surface area contributed by atoms with E-state index in [4.69, 9.17) is 9.15 Å². The van der Waals surface area contributed by atoms with Crippen molar-refractivity contribution in [1.29, 1.82) is 0 Å². The summed E-state index contributed by atoms with van der Waals surface area (Å²) in [4.78, 5) is 14.8. The molecule has 4 rings (SSSR count). The molecular formula is C22H14F3N3O4. The molecule has 0 saturated carbocycles. The Morgan fingerprint density at radius 1 is 0.906 bits per heavy atom. The van der Waals surface area contributed by atoms with Crippen molar-refractivity contribution in [2.24, 2.45) is 0 Å². The molecule has 0 aliphatic heterocycles. The Labute approximate surface area is 179 Å². The van der Waals surface area contributed by atoms with E-state index in [2.05, 4.69) is 19.9 Å². The van der Waals surface area contributed by atoms with Crippen LogP contribution in [0.25, 0.3) is 22.9 Å². The van der Waals surface area contributed by atoms with Crippen molar-refractivity contribution in [3.63, 3.8) is 0 Å². The van der Waals surface area contributed by atoms with Crippen molar-refractivity contribution >= 4 is 5.97 Å². The van der Waals surface area contributed by atoms with Crippen LogP contribution in [0.2, 0.25) is 0 Å². The molecule has 0 atom stereocenters. The maximum atomic E-state index is 12.5. The van der Waals surface area contributed by atoms with E-state index in [1.807, 2.05) is 30.3 Å². The molecule has 4 aromatic rings. The standard InChI is InChI=1S/C22H14F3N3O4/c23-22(24,25)21(29)32-19-17(7-4-12-26-19)20-28-27-18(31-20)15-8-10-16(11-9-15)30-13-14-5-2-1-3-6-14/h1-12H,13H2. The van der Waals surface area contributed by atoms with Gasteiger partial charge in [0.05, 0.1) is 0 Å². The van der Waals surface area contributed by atoms with E-state index in [0.717, 1.165) is 5.56 Å². The van der Waals surface area contributed by atoms with Crippen LogP contribution in [0.4, 0.5) is 13.2 Å². The molecule has 2 heterocycles. The predicted octanol–water partition coefficient (Wildman–Crippen LogP) is 4.85. The van der Waals surface area contributed by atoms with Crippen molar-refractivity contribution in [2.75, 3.05) is 0 Å². The van der Waals surface area contributed by atoms with Crippen molar-refractivity contribution in [2.45, 2.75) is 12.8 Å². The lowest BCUT2D eigenvalue weighted by Gasteiger charge is -2.08. The first-order valence-electron chi connectivity index (χ1n) is 9.25. The molecule has 7 nitrogen and oxygen atoms in total. The Kier molecular flexibility index (Phi) is 5.84. The summed E-state index contributed by atoms with van der Waals surface area (Å²) in [6, 6.07) is 19.3. The maximum Gasteiger partial charge on any atom is 0.491 e. The van der Waals surface area contributed by atoms with Gasteiger partial charge in [0.25, 0.3) is 5.89 Å². The topological polar surface area (TPSA) is 87.3 Å². The molecule has 2 aromatic carbocycles. The number of carbonyl (C=O) groups excluding carboxylic acids is 1. The zero-order valence-electron chi connectivity index (χ0n) is 16.2. The zero-order chi connectivity index (χ0) is 22.6. The highest BCUT2D eigenvalue weighted by molar-refractivity contribution is 5.79. The Morgan fingerprint density at radius 2 is 1.62 bits per heavy atom. The van der Waals surface area contributed by atoms with Gasteiger partial charge in [-0.1, -0.05) is 30.3 Å². The van der Waals surface area contributed by atoms with Crippen molar-refractivity contribution in [3.8, 4) is 34.5 Å². The fourth-order valence-electron chi connectivity index (χ4n) is 2.66. The average Bonchev–Trinajstić information content (AvgIpc) is 3.28. The van der Waals surface area contributed by atoms with Crippen molar-refractivity contribution in [1.82, 2.24) is 15.2 Å². The largest absolute Gasteiger partial charge is 0.491 e. The van der Waals surface area contributed by atoms with Gasteiger partial charge < -0.3 is 13.9 Å². The van der Waals surface area contributed by atoms with Crippen LogP contribution in [-0.2, 0) is 11.4 Å². The lowest BCUT2D eigenvalue weighted by atomic mass is 10.2. The number of hydrogen-bond acceptors (Lipinski definition) is 7. The summed E-state index contributed by atoms with van der Waals surface area (Å²) in [5.74, 6) is -2.39. The molecule has 162 valence electrons. The molecule has 0 aliphatic carbocycles. The summed E-state index contributed by atoms with van der Waals surface area (Å²) in [5.41, 5.74) is 1.54. The van der Waals surface area contributed by atoms with Crippen LogP contribution in [-0.4, -0.2) is 27.3 Å². The van der Waals surface area contributed by atoms with Crippen LogP contribution < -0.4 is 9.47 Å². The second-order valence-corrected chi connectivity index (χ2v) is 6.45. The highest BCUT2D eigenvalue weighted by Gasteiger charge is 2.42. The first-order valence-corrected chi connectivity index (χ1v) is 9.25. The van der Waals surface area contributed by atoms with Crippen LogP contribution in [0, 0.1) is 0 Å². The van der Waals surface area contributed by atoms with Gasteiger partial charge in [0.15, 0.2) is 0 Å². The van der Waals surface area contributed by atoms with Gasteiger partial charge in [-0.3, -0.25) is 0 Å². The Hall–Kier alpha value is -4.21. The van der Waals surface area contributed by atoms with Gasteiger partial charge in [-0.25, -0.2) is 9.78 Å². The molecule has 0 aliphatic rings. The first kappa shape index (κ1) is 21.0. The van der Waals surface area contributed by atoms with Gasteiger partial charge in [0.1, 0.15) is 17.9 Å². The molecule has 0 amide bonds. The predicted molar refractivity (Wildman–Crippen MR) is 105 cm³/mol. The summed E-state index contributed by atoms with van der Waals surface area (Å²) in [6.07, 6.45) is -3.99. The van der Waals surface area contributed by atoms with Gasteiger partial charge in [-0.05, 0) is 42.0 Å². The summed E-state index contributed by atoms with van der Waals surface area (Å²) in [7, 11) is 0. The highest BCUT2D eigenvalue weighted by atomic mass is 19.4. The number of benzene rings is 2. The third-order valence-electron chi connectivity index (χ3n) is 4.20. The number of pyridine rings is 1. The number of hydrogen-bond donors (Lipinski definition) is 0. The number of nitrogens with zero attached hydrogens (tertiary/aromatic N) is 3. The molecule has 2 aromatic heterocycles. The Bertz CT molecular complexity index is 1210. The number of carbonyl (C=O) groups is 1. The van der Waals surface area contributed by atoms with E-state index < -0.39 is 18.0 Å². The van der Waals surface area contributed by atoms with Crippen LogP contribution >= 0.6 is 0 Å². The van der Waals surface area contributed by atoms with Crippen molar-refractivity contribution < 1.29 is 31.9 Å². The minimum atomic E-state index is -5.17. The number of esters is 1. The highest BCUT2D eigenvalue weighted by Crippen LogP contribution is 2.31. The number of rotatable bonds is 6. The molecule has 32 heavy (non-hydrogen) atoms. The summed E-state index contributed by atoms with van der Waals surface area (Å²) in [6.45, 7) is 0.408. The van der Waals surface area contributed by atoms with E-state index in [0.29, 0.717) is 17.9 Å².